The van der Waals surface area contributed by atoms with Gasteiger partial charge in [-0.1, -0.05) is 0 Å². The van der Waals surface area contributed by atoms with Crippen molar-refractivity contribution in [2.45, 2.75) is 46.1 Å². The molecule has 0 unspecified atom stereocenters. The van der Waals surface area contributed by atoms with Gasteiger partial charge in [-0.05, 0) is 40.5 Å². The molecule has 2 N–H and O–H groups in total. The summed E-state index contributed by atoms with van der Waals surface area (Å²) in [5, 5.41) is 0. The number of nitrogens with two attached hydrogens (primary N) is 1. The second kappa shape index (κ2) is 3.54. The van der Waals surface area contributed by atoms with E-state index in [1.165, 1.54) is 0 Å². The molecule has 1 aliphatic heterocycles. The van der Waals surface area contributed by atoms with Gasteiger partial charge >= 0.3 is 0 Å². The van der Waals surface area contributed by atoms with Crippen LogP contribution in [0.2, 0.25) is 0 Å². The number of carbonyl (C=O) groups is 1. The standard InChI is InChI=1S/C11H22N2O/c1-10(2,11(3,4)12)9(14)13-7-5-6-8-13/h5-8,12H2,1-4H3. The summed E-state index contributed by atoms with van der Waals surface area (Å²) in [7, 11) is 0. The molecule has 0 aromatic rings. The van der Waals surface area contributed by atoms with Crippen LogP contribution in [-0.4, -0.2) is 29.4 Å². The first-order valence-corrected chi connectivity index (χ1v) is 5.35. The van der Waals surface area contributed by atoms with Crippen LogP contribution in [0.25, 0.3) is 0 Å². The average molecular weight is 198 g/mol. The summed E-state index contributed by atoms with van der Waals surface area (Å²) in [4.78, 5) is 14.1. The maximum absolute atomic E-state index is 12.2. The van der Waals surface area contributed by atoms with Crippen molar-refractivity contribution in [2.75, 3.05) is 13.1 Å². The van der Waals surface area contributed by atoms with Gasteiger partial charge in [-0.15, -0.1) is 0 Å². The molecular weight excluding hydrogens is 176 g/mol. The maximum Gasteiger partial charge on any atom is 0.230 e. The number of rotatable bonds is 2. The Bertz CT molecular complexity index is 222. The molecule has 0 radical (unpaired) electrons. The molecule has 3 nitrogen and oxygen atoms in total. The Balaban J connectivity index is 2.76. The zero-order chi connectivity index (χ0) is 11.0. The van der Waals surface area contributed by atoms with E-state index in [9.17, 15) is 4.79 Å². The molecule has 3 heteroatoms. The highest BCUT2D eigenvalue weighted by Gasteiger charge is 2.43. The SMILES string of the molecule is CC(C)(N)C(C)(C)C(=O)N1CCCC1. The number of carbonyl (C=O) groups excluding carboxylic acids is 1. The smallest absolute Gasteiger partial charge is 0.230 e. The van der Waals surface area contributed by atoms with Gasteiger partial charge in [-0.3, -0.25) is 4.79 Å². The Labute approximate surface area is 86.6 Å². The van der Waals surface area contributed by atoms with Gasteiger partial charge in [0.25, 0.3) is 0 Å². The lowest BCUT2D eigenvalue weighted by molar-refractivity contribution is -0.142. The van der Waals surface area contributed by atoms with Gasteiger partial charge in [0.15, 0.2) is 0 Å². The van der Waals surface area contributed by atoms with Gasteiger partial charge in [0.1, 0.15) is 0 Å². The van der Waals surface area contributed by atoms with E-state index in [1.54, 1.807) is 0 Å². The number of amides is 1. The average Bonchev–Trinajstić information content (AvgIpc) is 2.52. The van der Waals surface area contributed by atoms with E-state index >= 15 is 0 Å². The van der Waals surface area contributed by atoms with Crippen molar-refractivity contribution >= 4 is 5.91 Å². The molecule has 0 spiro atoms. The molecule has 1 fully saturated rings. The van der Waals surface area contributed by atoms with Crippen molar-refractivity contribution < 1.29 is 4.79 Å². The second-order valence-electron chi connectivity index (χ2n) is 5.35. The Morgan fingerprint density at radius 3 is 1.93 bits per heavy atom. The van der Waals surface area contributed by atoms with E-state index in [1.807, 2.05) is 32.6 Å². The summed E-state index contributed by atoms with van der Waals surface area (Å²) < 4.78 is 0. The van der Waals surface area contributed by atoms with Crippen LogP contribution in [0.5, 0.6) is 0 Å². The second-order valence-corrected chi connectivity index (χ2v) is 5.35. The fourth-order valence-electron chi connectivity index (χ4n) is 1.59. The lowest BCUT2D eigenvalue weighted by Gasteiger charge is -2.39. The highest BCUT2D eigenvalue weighted by Crippen LogP contribution is 2.31. The monoisotopic (exact) mass is 198 g/mol. The van der Waals surface area contributed by atoms with Crippen molar-refractivity contribution in [3.05, 3.63) is 0 Å². The van der Waals surface area contributed by atoms with Crippen molar-refractivity contribution in [1.29, 1.82) is 0 Å². The molecule has 14 heavy (non-hydrogen) atoms. The normalized spacial score (nSPS) is 18.8. The van der Waals surface area contributed by atoms with E-state index in [2.05, 4.69) is 0 Å². The predicted molar refractivity (Wildman–Crippen MR) is 57.9 cm³/mol. The lowest BCUT2D eigenvalue weighted by atomic mass is 9.74. The number of nitrogens with zero attached hydrogens (tertiary/aromatic N) is 1. The molecule has 0 bridgehead atoms. The molecular formula is C11H22N2O. The molecule has 1 heterocycles. The van der Waals surface area contributed by atoms with Crippen LogP contribution in [0.15, 0.2) is 0 Å². The Kier molecular flexibility index (Phi) is 2.91. The molecule has 1 aliphatic rings. The number of hydrogen-bond donors (Lipinski definition) is 1. The van der Waals surface area contributed by atoms with Crippen LogP contribution < -0.4 is 5.73 Å². The van der Waals surface area contributed by atoms with E-state index < -0.39 is 11.0 Å². The summed E-state index contributed by atoms with van der Waals surface area (Å²) in [6.07, 6.45) is 2.26. The first kappa shape index (κ1) is 11.5. The number of hydrogen-bond acceptors (Lipinski definition) is 2. The molecule has 1 saturated heterocycles. The topological polar surface area (TPSA) is 46.3 Å². The van der Waals surface area contributed by atoms with Crippen molar-refractivity contribution in [3.63, 3.8) is 0 Å². The van der Waals surface area contributed by atoms with Gasteiger partial charge in [0, 0.05) is 18.6 Å². The third-order valence-corrected chi connectivity index (χ3v) is 3.54. The van der Waals surface area contributed by atoms with Crippen molar-refractivity contribution in [3.8, 4) is 0 Å². The molecule has 0 aromatic carbocycles. The summed E-state index contributed by atoms with van der Waals surface area (Å²) in [5.74, 6) is 0.197. The fourth-order valence-corrected chi connectivity index (χ4v) is 1.59. The van der Waals surface area contributed by atoms with E-state index in [0.29, 0.717) is 0 Å². The van der Waals surface area contributed by atoms with Crippen LogP contribution in [0.4, 0.5) is 0 Å². The molecule has 0 atom stereocenters. The zero-order valence-electron chi connectivity index (χ0n) is 9.76. The third-order valence-electron chi connectivity index (χ3n) is 3.54. The van der Waals surface area contributed by atoms with Gasteiger partial charge in [0.2, 0.25) is 5.91 Å². The summed E-state index contributed by atoms with van der Waals surface area (Å²) in [6.45, 7) is 9.51. The van der Waals surface area contributed by atoms with E-state index in [4.69, 9.17) is 5.73 Å². The molecule has 0 aromatic heterocycles. The highest BCUT2D eigenvalue weighted by molar-refractivity contribution is 5.83. The van der Waals surface area contributed by atoms with Crippen molar-refractivity contribution in [2.24, 2.45) is 11.1 Å². The molecule has 1 rings (SSSR count). The third kappa shape index (κ3) is 1.92. The van der Waals surface area contributed by atoms with Crippen LogP contribution >= 0.6 is 0 Å². The van der Waals surface area contributed by atoms with Gasteiger partial charge < -0.3 is 10.6 Å². The lowest BCUT2D eigenvalue weighted by Crippen LogP contribution is -2.56. The Hall–Kier alpha value is -0.570. The minimum Gasteiger partial charge on any atom is -0.342 e. The largest absolute Gasteiger partial charge is 0.342 e. The molecule has 1 amide bonds. The zero-order valence-corrected chi connectivity index (χ0v) is 9.76. The van der Waals surface area contributed by atoms with Gasteiger partial charge in [-0.2, -0.15) is 0 Å². The Morgan fingerprint density at radius 2 is 1.57 bits per heavy atom. The number of likely N-dealkylation sites (tertiary alicyclic amines) is 1. The molecule has 0 aliphatic carbocycles. The minimum atomic E-state index is -0.475. The van der Waals surface area contributed by atoms with Crippen LogP contribution in [-0.2, 0) is 4.79 Å². The summed E-state index contributed by atoms with van der Waals surface area (Å²) in [6, 6.07) is 0. The molecule has 0 saturated carbocycles. The summed E-state index contributed by atoms with van der Waals surface area (Å²) >= 11 is 0. The maximum atomic E-state index is 12.2. The Morgan fingerprint density at radius 1 is 1.14 bits per heavy atom. The fraction of sp³-hybridized carbons (Fsp3) is 0.909. The molecule has 82 valence electrons. The first-order valence-electron chi connectivity index (χ1n) is 5.35. The highest BCUT2D eigenvalue weighted by atomic mass is 16.2. The van der Waals surface area contributed by atoms with Gasteiger partial charge in [0.05, 0.1) is 5.41 Å². The summed E-state index contributed by atoms with van der Waals surface area (Å²) in [5.41, 5.74) is 5.09. The minimum absolute atomic E-state index is 0.197. The van der Waals surface area contributed by atoms with Crippen LogP contribution in [0.1, 0.15) is 40.5 Å². The quantitative estimate of drug-likeness (QED) is 0.728. The van der Waals surface area contributed by atoms with Crippen LogP contribution in [0.3, 0.4) is 0 Å². The van der Waals surface area contributed by atoms with Crippen molar-refractivity contribution in [1.82, 2.24) is 4.90 Å². The van der Waals surface area contributed by atoms with Crippen LogP contribution in [0, 0.1) is 5.41 Å². The first-order chi connectivity index (χ1) is 6.27. The predicted octanol–water partition coefficient (Wildman–Crippen LogP) is 1.37. The van der Waals surface area contributed by atoms with Gasteiger partial charge in [-0.25, -0.2) is 0 Å². The van der Waals surface area contributed by atoms with E-state index in [0.717, 1.165) is 25.9 Å². The van der Waals surface area contributed by atoms with E-state index in [-0.39, 0.29) is 5.91 Å².